The first-order chi connectivity index (χ1) is 10.7. The van der Waals surface area contributed by atoms with Crippen LogP contribution in [-0.4, -0.2) is 50.3 Å². The van der Waals surface area contributed by atoms with Crippen LogP contribution in [0, 0.1) is 0 Å². The second kappa shape index (κ2) is 6.98. The molecule has 2 fully saturated rings. The smallest absolute Gasteiger partial charge is 0.253 e. The molecule has 5 nitrogen and oxygen atoms in total. The van der Waals surface area contributed by atoms with E-state index in [-0.39, 0.29) is 18.1 Å². The van der Waals surface area contributed by atoms with Gasteiger partial charge >= 0.3 is 0 Å². The van der Waals surface area contributed by atoms with Gasteiger partial charge in [-0.3, -0.25) is 4.79 Å². The van der Waals surface area contributed by atoms with E-state index in [9.17, 15) is 4.79 Å². The van der Waals surface area contributed by atoms with Gasteiger partial charge in [-0.05, 0) is 31.0 Å². The average molecular weight is 369 g/mol. The highest BCUT2D eigenvalue weighted by Gasteiger charge is 2.36. The Hall–Kier alpha value is -1.11. The molecule has 0 unspecified atom stereocenters. The molecule has 1 N–H and O–H groups in total. The largest absolute Gasteiger partial charge is 0.496 e. The highest BCUT2D eigenvalue weighted by molar-refractivity contribution is 9.10. The Morgan fingerprint density at radius 2 is 2.36 bits per heavy atom. The van der Waals surface area contributed by atoms with Gasteiger partial charge in [-0.15, -0.1) is 0 Å². The fraction of sp³-hybridized carbons (Fsp3) is 0.562. The minimum Gasteiger partial charge on any atom is -0.496 e. The van der Waals surface area contributed by atoms with Crippen molar-refractivity contribution in [2.75, 3.05) is 33.4 Å². The van der Waals surface area contributed by atoms with E-state index in [0.29, 0.717) is 13.2 Å². The van der Waals surface area contributed by atoms with Gasteiger partial charge in [0.2, 0.25) is 0 Å². The number of halogens is 1. The third-order valence-electron chi connectivity index (χ3n) is 4.29. The summed E-state index contributed by atoms with van der Waals surface area (Å²) in [7, 11) is 1.67. The topological polar surface area (TPSA) is 50.8 Å². The zero-order valence-electron chi connectivity index (χ0n) is 12.7. The summed E-state index contributed by atoms with van der Waals surface area (Å²) in [6.45, 7) is 2.78. The molecule has 0 aliphatic carbocycles. The van der Waals surface area contributed by atoms with Gasteiger partial charge in [0, 0.05) is 29.7 Å². The van der Waals surface area contributed by atoms with Crippen molar-refractivity contribution in [1.82, 2.24) is 10.2 Å². The van der Waals surface area contributed by atoms with Crippen LogP contribution in [0.25, 0.3) is 0 Å². The number of ether oxygens (including phenoxy) is 2. The molecule has 0 saturated carbocycles. The molecule has 2 aliphatic heterocycles. The van der Waals surface area contributed by atoms with Crippen LogP contribution in [0.3, 0.4) is 0 Å². The van der Waals surface area contributed by atoms with Gasteiger partial charge in [-0.2, -0.15) is 0 Å². The number of rotatable bonds is 3. The van der Waals surface area contributed by atoms with Crippen LogP contribution >= 0.6 is 15.9 Å². The number of nitrogens with one attached hydrogen (secondary N) is 1. The summed E-state index contributed by atoms with van der Waals surface area (Å²) < 4.78 is 12.1. The van der Waals surface area contributed by atoms with E-state index in [1.807, 2.05) is 17.0 Å². The number of carbonyl (C=O) groups excluding carboxylic acids is 1. The lowest BCUT2D eigenvalue weighted by atomic mass is 10.0. The van der Waals surface area contributed by atoms with Crippen molar-refractivity contribution in [2.45, 2.75) is 25.0 Å². The van der Waals surface area contributed by atoms with Crippen molar-refractivity contribution >= 4 is 21.8 Å². The van der Waals surface area contributed by atoms with E-state index in [1.165, 1.54) is 0 Å². The van der Waals surface area contributed by atoms with Gasteiger partial charge in [0.1, 0.15) is 11.9 Å². The lowest BCUT2D eigenvalue weighted by Gasteiger charge is -2.31. The summed E-state index contributed by atoms with van der Waals surface area (Å²) >= 11 is 3.51. The van der Waals surface area contributed by atoms with Crippen LogP contribution in [-0.2, 0) is 9.53 Å². The zero-order valence-corrected chi connectivity index (χ0v) is 14.3. The van der Waals surface area contributed by atoms with Crippen LogP contribution in [0.1, 0.15) is 24.4 Å². The molecule has 0 radical (unpaired) electrons. The van der Waals surface area contributed by atoms with Crippen LogP contribution in [0.2, 0.25) is 0 Å². The molecular formula is C16H21BrN2O3. The first kappa shape index (κ1) is 15.8. The second-order valence-electron chi connectivity index (χ2n) is 5.64. The van der Waals surface area contributed by atoms with Crippen LogP contribution in [0.15, 0.2) is 22.7 Å². The predicted molar refractivity (Wildman–Crippen MR) is 87.0 cm³/mol. The number of methoxy groups -OCH3 is 1. The van der Waals surface area contributed by atoms with Crippen molar-refractivity contribution in [3.63, 3.8) is 0 Å². The lowest BCUT2D eigenvalue weighted by Crippen LogP contribution is -2.49. The Kier molecular flexibility index (Phi) is 5.00. The van der Waals surface area contributed by atoms with Gasteiger partial charge in [0.05, 0.1) is 19.8 Å². The monoisotopic (exact) mass is 368 g/mol. The van der Waals surface area contributed by atoms with Crippen LogP contribution in [0.5, 0.6) is 5.75 Å². The van der Waals surface area contributed by atoms with E-state index in [0.717, 1.165) is 41.7 Å². The molecule has 0 spiro atoms. The maximum atomic E-state index is 12.8. The summed E-state index contributed by atoms with van der Waals surface area (Å²) in [6.07, 6.45) is 1.60. The molecule has 22 heavy (non-hydrogen) atoms. The fourth-order valence-electron chi connectivity index (χ4n) is 3.23. The maximum Gasteiger partial charge on any atom is 0.253 e. The molecule has 2 atom stereocenters. The normalized spacial score (nSPS) is 25.3. The number of morpholine rings is 1. The molecule has 2 aliphatic rings. The second-order valence-corrected chi connectivity index (χ2v) is 6.56. The zero-order chi connectivity index (χ0) is 15.5. The summed E-state index contributed by atoms with van der Waals surface area (Å²) in [5, 5.41) is 3.22. The average Bonchev–Trinajstić information content (AvgIpc) is 3.04. The number of nitrogens with zero attached hydrogens (tertiary/aromatic N) is 1. The first-order valence-corrected chi connectivity index (χ1v) is 8.46. The summed E-state index contributed by atoms with van der Waals surface area (Å²) in [6, 6.07) is 6.01. The van der Waals surface area contributed by atoms with Crippen molar-refractivity contribution in [3.05, 3.63) is 28.2 Å². The van der Waals surface area contributed by atoms with Crippen molar-refractivity contribution in [3.8, 4) is 5.75 Å². The lowest BCUT2D eigenvalue weighted by molar-refractivity contribution is -0.146. The minimum absolute atomic E-state index is 0.0606. The number of hydrogen-bond acceptors (Lipinski definition) is 4. The number of likely N-dealkylation sites (tertiary alicyclic amines) is 1. The van der Waals surface area contributed by atoms with Crippen molar-refractivity contribution in [2.24, 2.45) is 0 Å². The third-order valence-corrected chi connectivity index (χ3v) is 4.78. The molecule has 0 bridgehead atoms. The summed E-state index contributed by atoms with van der Waals surface area (Å²) in [4.78, 5) is 14.7. The van der Waals surface area contributed by atoms with E-state index in [1.54, 1.807) is 7.11 Å². The van der Waals surface area contributed by atoms with Crippen molar-refractivity contribution in [1.29, 1.82) is 0 Å². The third kappa shape index (κ3) is 3.14. The van der Waals surface area contributed by atoms with E-state index in [4.69, 9.17) is 9.47 Å². The van der Waals surface area contributed by atoms with E-state index >= 15 is 0 Å². The Labute approximate surface area is 139 Å². The Morgan fingerprint density at radius 3 is 3.09 bits per heavy atom. The van der Waals surface area contributed by atoms with E-state index < -0.39 is 0 Å². The SMILES string of the molecule is COc1ccc(Br)cc1[C@H]1CCCN1C(=O)[C@H]1CNCCO1. The number of hydrogen-bond donors (Lipinski definition) is 1. The summed E-state index contributed by atoms with van der Waals surface area (Å²) in [5.41, 5.74) is 1.06. The maximum absolute atomic E-state index is 12.8. The molecule has 1 aromatic rings. The van der Waals surface area contributed by atoms with Gasteiger partial charge < -0.3 is 19.7 Å². The van der Waals surface area contributed by atoms with Crippen LogP contribution < -0.4 is 10.1 Å². The standard InChI is InChI=1S/C16H21BrN2O3/c1-21-14-5-4-11(17)9-12(14)13-3-2-7-19(13)16(20)15-10-18-6-8-22-15/h4-5,9,13,15,18H,2-3,6-8,10H2,1H3/t13-,15-/m1/s1. The first-order valence-electron chi connectivity index (χ1n) is 7.67. The fourth-order valence-corrected chi connectivity index (χ4v) is 3.61. The highest BCUT2D eigenvalue weighted by Crippen LogP contribution is 2.38. The highest BCUT2D eigenvalue weighted by atomic mass is 79.9. The van der Waals surface area contributed by atoms with Crippen molar-refractivity contribution < 1.29 is 14.3 Å². The van der Waals surface area contributed by atoms with Gasteiger partial charge in [0.15, 0.2) is 0 Å². The van der Waals surface area contributed by atoms with Crippen LogP contribution in [0.4, 0.5) is 0 Å². The molecule has 1 aromatic carbocycles. The molecule has 2 heterocycles. The summed E-state index contributed by atoms with van der Waals surface area (Å²) in [5.74, 6) is 0.910. The predicted octanol–water partition coefficient (Wildman–Crippen LogP) is 2.11. The number of amides is 1. The Morgan fingerprint density at radius 1 is 1.50 bits per heavy atom. The minimum atomic E-state index is -0.368. The number of benzene rings is 1. The van der Waals surface area contributed by atoms with Gasteiger partial charge in [0.25, 0.3) is 5.91 Å². The Bertz CT molecular complexity index is 546. The molecule has 2 saturated heterocycles. The molecule has 1 amide bonds. The van der Waals surface area contributed by atoms with Gasteiger partial charge in [-0.1, -0.05) is 15.9 Å². The molecule has 6 heteroatoms. The van der Waals surface area contributed by atoms with E-state index in [2.05, 4.69) is 27.3 Å². The van der Waals surface area contributed by atoms with Gasteiger partial charge in [-0.25, -0.2) is 0 Å². The number of carbonyl (C=O) groups is 1. The molecule has 120 valence electrons. The quantitative estimate of drug-likeness (QED) is 0.887. The molecule has 0 aromatic heterocycles. The molecular weight excluding hydrogens is 348 g/mol. The Balaban J connectivity index is 1.83. The molecule has 3 rings (SSSR count).